The molecule has 0 aliphatic carbocycles. The average molecular weight is 520 g/mol. The van der Waals surface area contributed by atoms with Crippen LogP contribution < -0.4 is 10.6 Å². The maximum Gasteiger partial charge on any atom is 0.251 e. The molecule has 2 unspecified atom stereocenters. The van der Waals surface area contributed by atoms with E-state index < -0.39 is 29.7 Å². The molecule has 0 aliphatic rings. The van der Waals surface area contributed by atoms with E-state index in [4.69, 9.17) is 4.42 Å². The van der Waals surface area contributed by atoms with Crippen molar-refractivity contribution in [3.05, 3.63) is 113 Å². The van der Waals surface area contributed by atoms with Crippen molar-refractivity contribution >= 4 is 5.91 Å². The Bertz CT molecular complexity index is 1350. The number of amides is 1. The lowest BCUT2D eigenvalue weighted by Crippen LogP contribution is -2.48. The van der Waals surface area contributed by atoms with E-state index in [1.165, 1.54) is 30.2 Å². The van der Waals surface area contributed by atoms with Gasteiger partial charge in [-0.2, -0.15) is 0 Å². The molecule has 0 saturated carbocycles. The van der Waals surface area contributed by atoms with Crippen LogP contribution in [0.3, 0.4) is 0 Å². The minimum Gasteiger partial charge on any atom is -0.445 e. The Morgan fingerprint density at radius 1 is 1.03 bits per heavy atom. The summed E-state index contributed by atoms with van der Waals surface area (Å²) >= 11 is 0. The van der Waals surface area contributed by atoms with E-state index in [2.05, 4.69) is 34.7 Å². The Kier molecular flexibility index (Phi) is 8.99. The highest BCUT2D eigenvalue weighted by Gasteiger charge is 2.23. The van der Waals surface area contributed by atoms with Crippen LogP contribution in [0.4, 0.5) is 8.78 Å². The number of aromatic nitrogens is 1. The first-order valence-corrected chi connectivity index (χ1v) is 12.5. The molecule has 0 aliphatic heterocycles. The topological polar surface area (TPSA) is 87.4 Å². The van der Waals surface area contributed by atoms with E-state index >= 15 is 0 Å². The molecule has 0 fully saturated rings. The molecule has 8 heteroatoms. The molecule has 1 amide bonds. The number of oxazole rings is 1. The van der Waals surface area contributed by atoms with Crippen LogP contribution in [0.2, 0.25) is 0 Å². The van der Waals surface area contributed by atoms with Crippen LogP contribution in [-0.2, 0) is 19.4 Å². The summed E-state index contributed by atoms with van der Waals surface area (Å²) in [7, 11) is 0. The van der Waals surface area contributed by atoms with Crippen LogP contribution in [0, 0.1) is 18.6 Å². The van der Waals surface area contributed by atoms with E-state index in [0.29, 0.717) is 29.1 Å². The Hall–Kier alpha value is -3.88. The summed E-state index contributed by atoms with van der Waals surface area (Å²) in [5.41, 5.74) is 4.43. The first-order valence-electron chi connectivity index (χ1n) is 12.5. The predicted octanol–water partition coefficient (Wildman–Crippen LogP) is 4.98. The molecular formula is C30H31F2N3O3. The highest BCUT2D eigenvalue weighted by atomic mass is 19.1. The molecule has 4 aromatic rings. The third kappa shape index (κ3) is 7.34. The lowest BCUT2D eigenvalue weighted by Gasteiger charge is -2.25. The number of carbonyl (C=O) groups is 1. The van der Waals surface area contributed by atoms with Crippen molar-refractivity contribution in [2.24, 2.45) is 0 Å². The first kappa shape index (κ1) is 27.2. The zero-order chi connectivity index (χ0) is 27.1. The van der Waals surface area contributed by atoms with E-state index in [-0.39, 0.29) is 13.0 Å². The number of nitrogens with zero attached hydrogens (tertiary/aromatic N) is 1. The zero-order valence-corrected chi connectivity index (χ0v) is 21.4. The minimum absolute atomic E-state index is 0.0347. The van der Waals surface area contributed by atoms with Gasteiger partial charge in [-0.3, -0.25) is 4.79 Å². The van der Waals surface area contributed by atoms with Gasteiger partial charge in [0.25, 0.3) is 5.91 Å². The fourth-order valence-corrected chi connectivity index (χ4v) is 4.39. The molecule has 0 radical (unpaired) electrons. The van der Waals surface area contributed by atoms with Crippen LogP contribution in [0.5, 0.6) is 0 Å². The summed E-state index contributed by atoms with van der Waals surface area (Å²) in [6, 6.07) is 15.7. The molecule has 0 spiro atoms. The number of carbonyl (C=O) groups excluding carboxylic acids is 1. The number of hydrogen-bond donors (Lipinski definition) is 3. The summed E-state index contributed by atoms with van der Waals surface area (Å²) in [5, 5.41) is 17.1. The maximum atomic E-state index is 13.9. The van der Waals surface area contributed by atoms with E-state index in [1.807, 2.05) is 25.1 Å². The monoisotopic (exact) mass is 519 g/mol. The zero-order valence-electron chi connectivity index (χ0n) is 21.4. The van der Waals surface area contributed by atoms with Gasteiger partial charge in [-0.15, -0.1) is 0 Å². The van der Waals surface area contributed by atoms with Crippen molar-refractivity contribution in [2.75, 3.05) is 6.54 Å². The number of aliphatic hydroxyl groups is 1. The number of nitrogens with one attached hydrogen (secondary N) is 2. The molecule has 6 nitrogen and oxygen atoms in total. The number of benzene rings is 3. The molecule has 198 valence electrons. The Balaban J connectivity index is 1.51. The van der Waals surface area contributed by atoms with Gasteiger partial charge in [0.1, 0.15) is 17.9 Å². The number of hydrogen-bond acceptors (Lipinski definition) is 5. The molecule has 3 aromatic carbocycles. The molecular weight excluding hydrogens is 488 g/mol. The van der Waals surface area contributed by atoms with E-state index in [0.717, 1.165) is 23.6 Å². The third-order valence-corrected chi connectivity index (χ3v) is 6.26. The number of rotatable bonds is 11. The van der Waals surface area contributed by atoms with Crippen LogP contribution >= 0.6 is 0 Å². The van der Waals surface area contributed by atoms with Gasteiger partial charge in [-0.25, -0.2) is 13.8 Å². The summed E-state index contributed by atoms with van der Waals surface area (Å²) in [6.45, 7) is 4.62. The molecule has 4 rings (SSSR count). The molecule has 3 N–H and O–H groups in total. The molecule has 1 heterocycles. The van der Waals surface area contributed by atoms with Crippen molar-refractivity contribution in [2.45, 2.75) is 45.4 Å². The molecule has 38 heavy (non-hydrogen) atoms. The SMILES string of the molecule is CCc1cccc(CNCC(O)C(Cc2cc(F)cc(F)c2)NC(=O)c2cc(C)cc(-c3ncco3)c2)c1. The normalized spacial score (nSPS) is 12.8. The third-order valence-electron chi connectivity index (χ3n) is 6.26. The maximum absolute atomic E-state index is 13.9. The smallest absolute Gasteiger partial charge is 0.251 e. The second kappa shape index (κ2) is 12.6. The van der Waals surface area contributed by atoms with Gasteiger partial charge < -0.3 is 20.2 Å². The van der Waals surface area contributed by atoms with Crippen molar-refractivity contribution in [1.82, 2.24) is 15.6 Å². The van der Waals surface area contributed by atoms with Gasteiger partial charge in [0.2, 0.25) is 5.89 Å². The number of halogens is 2. The Morgan fingerprint density at radius 2 is 1.79 bits per heavy atom. The summed E-state index contributed by atoms with van der Waals surface area (Å²) in [5.74, 6) is -1.49. The lowest BCUT2D eigenvalue weighted by molar-refractivity contribution is 0.0830. The van der Waals surface area contributed by atoms with Gasteiger partial charge in [0.05, 0.1) is 18.3 Å². The van der Waals surface area contributed by atoms with Gasteiger partial charge in [-0.05, 0) is 72.4 Å². The van der Waals surface area contributed by atoms with Crippen LogP contribution in [0.15, 0.2) is 77.5 Å². The lowest BCUT2D eigenvalue weighted by atomic mass is 9.99. The largest absolute Gasteiger partial charge is 0.445 e. The number of aliphatic hydroxyl groups excluding tert-OH is 1. The van der Waals surface area contributed by atoms with Crippen molar-refractivity contribution in [1.29, 1.82) is 0 Å². The molecule has 0 saturated heterocycles. The minimum atomic E-state index is -1.03. The summed E-state index contributed by atoms with van der Waals surface area (Å²) < 4.78 is 33.1. The predicted molar refractivity (Wildman–Crippen MR) is 142 cm³/mol. The fourth-order valence-electron chi connectivity index (χ4n) is 4.39. The molecule has 2 atom stereocenters. The van der Waals surface area contributed by atoms with Gasteiger partial charge >= 0.3 is 0 Å². The Morgan fingerprint density at radius 3 is 2.50 bits per heavy atom. The van der Waals surface area contributed by atoms with Crippen molar-refractivity contribution < 1.29 is 23.1 Å². The first-order chi connectivity index (χ1) is 18.3. The highest BCUT2D eigenvalue weighted by molar-refractivity contribution is 5.95. The Labute approximate surface area is 220 Å². The molecule has 1 aromatic heterocycles. The van der Waals surface area contributed by atoms with Crippen LogP contribution in [0.25, 0.3) is 11.5 Å². The second-order valence-electron chi connectivity index (χ2n) is 9.36. The fraction of sp³-hybridized carbons (Fsp3) is 0.267. The number of aryl methyl sites for hydroxylation is 2. The highest BCUT2D eigenvalue weighted by Crippen LogP contribution is 2.21. The molecule has 0 bridgehead atoms. The quantitative estimate of drug-likeness (QED) is 0.260. The summed E-state index contributed by atoms with van der Waals surface area (Å²) in [6.07, 6.45) is 2.90. The van der Waals surface area contributed by atoms with E-state index in [9.17, 15) is 18.7 Å². The van der Waals surface area contributed by atoms with Crippen LogP contribution in [-0.4, -0.2) is 34.7 Å². The van der Waals surface area contributed by atoms with Crippen molar-refractivity contribution in [3.8, 4) is 11.5 Å². The second-order valence-corrected chi connectivity index (χ2v) is 9.36. The summed E-state index contributed by atoms with van der Waals surface area (Å²) in [4.78, 5) is 17.4. The van der Waals surface area contributed by atoms with Gasteiger partial charge in [0, 0.05) is 30.3 Å². The van der Waals surface area contributed by atoms with Crippen LogP contribution in [0.1, 0.15) is 39.5 Å². The van der Waals surface area contributed by atoms with Gasteiger partial charge in [0.15, 0.2) is 0 Å². The standard InChI is InChI=1S/C30H31F2N3O3/c1-3-20-5-4-6-21(11-20)17-33-18-28(36)27(14-22-12-25(31)16-26(32)13-22)35-29(37)23-9-19(2)10-24(15-23)30-34-7-8-38-30/h4-13,15-16,27-28,33,36H,3,14,17-18H2,1-2H3,(H,35,37). The average Bonchev–Trinajstić information content (AvgIpc) is 3.43. The van der Waals surface area contributed by atoms with E-state index in [1.54, 1.807) is 12.1 Å². The van der Waals surface area contributed by atoms with Gasteiger partial charge in [-0.1, -0.05) is 31.2 Å². The van der Waals surface area contributed by atoms with Crippen molar-refractivity contribution in [3.63, 3.8) is 0 Å².